The lowest BCUT2D eigenvalue weighted by Crippen LogP contribution is -2.31. The molecule has 3 aromatic rings. The van der Waals surface area contributed by atoms with Gasteiger partial charge in [0.2, 0.25) is 5.91 Å². The summed E-state index contributed by atoms with van der Waals surface area (Å²) in [6.45, 7) is 0. The van der Waals surface area contributed by atoms with Crippen LogP contribution in [0.2, 0.25) is 5.02 Å². The smallest absolute Gasteiger partial charge is 0.271 e. The van der Waals surface area contributed by atoms with Gasteiger partial charge in [-0.25, -0.2) is 5.43 Å². The Morgan fingerprint density at radius 3 is 2.59 bits per heavy atom. The normalized spacial score (nSPS) is 15.5. The Kier molecular flexibility index (Phi) is 4.83. The predicted molar refractivity (Wildman–Crippen MR) is 110 cm³/mol. The molecule has 0 atom stereocenters. The lowest BCUT2D eigenvalue weighted by Gasteiger charge is -2.18. The molecule has 4 rings (SSSR count). The third-order valence-electron chi connectivity index (χ3n) is 4.13. The van der Waals surface area contributed by atoms with Crippen LogP contribution in [0.5, 0.6) is 0 Å². The van der Waals surface area contributed by atoms with E-state index in [9.17, 15) is 9.59 Å². The number of hydrogen-bond acceptors (Lipinski definition) is 4. The number of nitrogens with one attached hydrogen (secondary N) is 1. The maximum absolute atomic E-state index is 12.5. The van der Waals surface area contributed by atoms with Gasteiger partial charge in [-0.1, -0.05) is 59.8 Å². The van der Waals surface area contributed by atoms with Gasteiger partial charge in [-0.05, 0) is 35.7 Å². The van der Waals surface area contributed by atoms with Gasteiger partial charge in [0.25, 0.3) is 5.91 Å². The number of thioether (sulfide) groups is 1. The SMILES string of the molecule is O=C(NN=C1SCC(=O)N1c1cccc2ccccc12)c1ccc(Cl)cc1. The van der Waals surface area contributed by atoms with Crippen LogP contribution in [0, 0.1) is 0 Å². The Labute approximate surface area is 165 Å². The zero-order valence-corrected chi connectivity index (χ0v) is 15.6. The van der Waals surface area contributed by atoms with Gasteiger partial charge >= 0.3 is 0 Å². The quantitative estimate of drug-likeness (QED) is 0.673. The third kappa shape index (κ3) is 3.54. The second kappa shape index (κ2) is 7.42. The molecule has 1 heterocycles. The zero-order chi connectivity index (χ0) is 18.8. The van der Waals surface area contributed by atoms with Crippen molar-refractivity contribution in [3.8, 4) is 0 Å². The van der Waals surface area contributed by atoms with Crippen molar-refractivity contribution in [2.24, 2.45) is 5.10 Å². The number of nitrogens with zero attached hydrogens (tertiary/aromatic N) is 2. The largest absolute Gasteiger partial charge is 0.273 e. The molecule has 0 unspecified atom stereocenters. The van der Waals surface area contributed by atoms with Gasteiger partial charge < -0.3 is 0 Å². The molecule has 7 heteroatoms. The van der Waals surface area contributed by atoms with Crippen molar-refractivity contribution in [2.45, 2.75) is 0 Å². The highest BCUT2D eigenvalue weighted by atomic mass is 35.5. The maximum atomic E-state index is 12.5. The van der Waals surface area contributed by atoms with E-state index in [1.165, 1.54) is 11.8 Å². The van der Waals surface area contributed by atoms with Crippen molar-refractivity contribution < 1.29 is 9.59 Å². The molecule has 1 saturated heterocycles. The molecule has 1 N–H and O–H groups in total. The number of carbonyl (C=O) groups excluding carboxylic acids is 2. The number of amides is 2. The van der Waals surface area contributed by atoms with Crippen LogP contribution < -0.4 is 10.3 Å². The van der Waals surface area contributed by atoms with Crippen LogP contribution in [0.15, 0.2) is 71.8 Å². The molecule has 1 aliphatic heterocycles. The molecule has 0 aliphatic carbocycles. The highest BCUT2D eigenvalue weighted by molar-refractivity contribution is 8.15. The number of fused-ring (bicyclic) bond motifs is 1. The molecule has 134 valence electrons. The minimum atomic E-state index is -0.364. The van der Waals surface area contributed by atoms with Crippen LogP contribution in [-0.2, 0) is 4.79 Å². The van der Waals surface area contributed by atoms with Gasteiger partial charge in [-0.15, -0.1) is 5.10 Å². The number of amidine groups is 1. The number of halogens is 1. The average Bonchev–Trinajstić information content (AvgIpc) is 3.06. The summed E-state index contributed by atoms with van der Waals surface area (Å²) >= 11 is 7.13. The minimum absolute atomic E-state index is 0.0733. The number of benzene rings is 3. The van der Waals surface area contributed by atoms with Gasteiger partial charge in [-0.3, -0.25) is 14.5 Å². The monoisotopic (exact) mass is 395 g/mol. The molecule has 2 amide bonds. The summed E-state index contributed by atoms with van der Waals surface area (Å²) in [6.07, 6.45) is 0. The van der Waals surface area contributed by atoms with Gasteiger partial charge in [-0.2, -0.15) is 0 Å². The summed E-state index contributed by atoms with van der Waals surface area (Å²) in [5, 5.41) is 7.17. The minimum Gasteiger partial charge on any atom is -0.273 e. The van der Waals surface area contributed by atoms with E-state index in [-0.39, 0.29) is 17.6 Å². The van der Waals surface area contributed by atoms with E-state index in [0.29, 0.717) is 15.8 Å². The molecule has 3 aromatic carbocycles. The Bertz CT molecular complexity index is 1060. The molecule has 1 fully saturated rings. The van der Waals surface area contributed by atoms with Crippen molar-refractivity contribution in [2.75, 3.05) is 10.7 Å². The Balaban J connectivity index is 1.64. The van der Waals surface area contributed by atoms with E-state index >= 15 is 0 Å². The summed E-state index contributed by atoms with van der Waals surface area (Å²) in [5.74, 6) is -0.161. The molecule has 5 nitrogen and oxygen atoms in total. The number of hydrazone groups is 1. The topological polar surface area (TPSA) is 61.8 Å². The molecule has 0 aromatic heterocycles. The lowest BCUT2D eigenvalue weighted by molar-refractivity contribution is -0.115. The van der Waals surface area contributed by atoms with E-state index in [2.05, 4.69) is 10.5 Å². The van der Waals surface area contributed by atoms with E-state index in [4.69, 9.17) is 11.6 Å². The van der Waals surface area contributed by atoms with Crippen LogP contribution in [0.3, 0.4) is 0 Å². The summed E-state index contributed by atoms with van der Waals surface area (Å²) in [4.78, 5) is 26.3. The average molecular weight is 396 g/mol. The second-order valence-corrected chi connectivity index (χ2v) is 7.24. The Morgan fingerprint density at radius 2 is 1.78 bits per heavy atom. The first-order valence-electron chi connectivity index (χ1n) is 8.20. The Hall–Kier alpha value is -2.83. The van der Waals surface area contributed by atoms with Crippen LogP contribution in [0.25, 0.3) is 10.8 Å². The molecule has 27 heavy (non-hydrogen) atoms. The fourth-order valence-corrected chi connectivity index (χ4v) is 3.80. The van der Waals surface area contributed by atoms with E-state index in [1.807, 2.05) is 42.5 Å². The van der Waals surface area contributed by atoms with Crippen LogP contribution in [-0.4, -0.2) is 22.7 Å². The molecule has 0 saturated carbocycles. The van der Waals surface area contributed by atoms with Gasteiger partial charge in [0, 0.05) is 16.0 Å². The van der Waals surface area contributed by atoms with Crippen LogP contribution in [0.1, 0.15) is 10.4 Å². The van der Waals surface area contributed by atoms with E-state index in [1.54, 1.807) is 29.2 Å². The number of anilines is 1. The first-order valence-corrected chi connectivity index (χ1v) is 9.57. The summed E-state index contributed by atoms with van der Waals surface area (Å²) in [7, 11) is 0. The summed E-state index contributed by atoms with van der Waals surface area (Å²) < 4.78 is 0. The van der Waals surface area contributed by atoms with E-state index in [0.717, 1.165) is 16.5 Å². The number of hydrogen-bond donors (Lipinski definition) is 1. The molecule has 1 aliphatic rings. The lowest BCUT2D eigenvalue weighted by atomic mass is 10.1. The molecular weight excluding hydrogens is 382 g/mol. The van der Waals surface area contributed by atoms with Crippen molar-refractivity contribution in [1.29, 1.82) is 0 Å². The summed E-state index contributed by atoms with van der Waals surface area (Å²) in [5.41, 5.74) is 3.71. The van der Waals surface area contributed by atoms with Crippen LogP contribution in [0.4, 0.5) is 5.69 Å². The molecule has 0 bridgehead atoms. The Morgan fingerprint density at radius 1 is 1.04 bits per heavy atom. The molecule has 0 radical (unpaired) electrons. The van der Waals surface area contributed by atoms with Gasteiger partial charge in [0.05, 0.1) is 11.4 Å². The highest BCUT2D eigenvalue weighted by Crippen LogP contribution is 2.32. The van der Waals surface area contributed by atoms with Crippen LogP contribution >= 0.6 is 23.4 Å². The molecular formula is C20H14ClN3O2S. The van der Waals surface area contributed by atoms with Gasteiger partial charge in [0.15, 0.2) is 5.17 Å². The number of carbonyl (C=O) groups is 2. The third-order valence-corrected chi connectivity index (χ3v) is 5.31. The summed E-state index contributed by atoms with van der Waals surface area (Å²) in [6, 6.07) is 20.1. The maximum Gasteiger partial charge on any atom is 0.271 e. The van der Waals surface area contributed by atoms with Crippen molar-refractivity contribution in [3.05, 3.63) is 77.3 Å². The second-order valence-electron chi connectivity index (χ2n) is 5.86. The van der Waals surface area contributed by atoms with E-state index < -0.39 is 0 Å². The van der Waals surface area contributed by atoms with Gasteiger partial charge in [0.1, 0.15) is 0 Å². The van der Waals surface area contributed by atoms with Crippen molar-refractivity contribution in [3.63, 3.8) is 0 Å². The first kappa shape index (κ1) is 17.6. The fourth-order valence-electron chi connectivity index (χ4n) is 2.85. The zero-order valence-electron chi connectivity index (χ0n) is 14.1. The highest BCUT2D eigenvalue weighted by Gasteiger charge is 2.31. The standard InChI is InChI=1S/C20H14ClN3O2S/c21-15-10-8-14(9-11-15)19(26)22-23-20-24(18(25)12-27-20)17-7-3-5-13-4-1-2-6-16(13)17/h1-11H,12H2,(H,22,26). The first-order chi connectivity index (χ1) is 13.1. The number of rotatable bonds is 3. The fraction of sp³-hybridized carbons (Fsp3) is 0.0500. The van der Waals surface area contributed by atoms with Crippen molar-refractivity contribution >= 4 is 56.8 Å². The van der Waals surface area contributed by atoms with Crippen molar-refractivity contribution in [1.82, 2.24) is 5.43 Å². The predicted octanol–water partition coefficient (Wildman–Crippen LogP) is 4.27. The molecule has 0 spiro atoms.